The number of amides is 1. The molecule has 2 aromatic heterocycles. The molecule has 3 heterocycles. The molecular weight excluding hydrogens is 294 g/mol. The van der Waals surface area contributed by atoms with Gasteiger partial charge in [-0.3, -0.25) is 14.4 Å². The van der Waals surface area contributed by atoms with Crippen molar-refractivity contribution in [3.8, 4) is 0 Å². The molecule has 23 heavy (non-hydrogen) atoms. The van der Waals surface area contributed by atoms with Gasteiger partial charge in [-0.25, -0.2) is 9.97 Å². The minimum Gasteiger partial charge on any atom is -0.338 e. The number of piperazine rings is 1. The molecule has 2 aromatic rings. The fraction of sp³-hybridized carbons (Fsp3) is 0.467. The van der Waals surface area contributed by atoms with E-state index in [4.69, 9.17) is 0 Å². The number of rotatable bonds is 4. The van der Waals surface area contributed by atoms with E-state index in [1.807, 2.05) is 26.1 Å². The van der Waals surface area contributed by atoms with Crippen LogP contribution < -0.4 is 10.2 Å². The maximum Gasteiger partial charge on any atom is 0.239 e. The molecule has 1 fully saturated rings. The maximum absolute atomic E-state index is 12.2. The molecule has 1 aliphatic rings. The average molecular weight is 315 g/mol. The highest BCUT2D eigenvalue weighted by atomic mass is 16.2. The molecular formula is C15H21N7O. The van der Waals surface area contributed by atoms with Gasteiger partial charge in [0.2, 0.25) is 11.9 Å². The Morgan fingerprint density at radius 3 is 2.52 bits per heavy atom. The lowest BCUT2D eigenvalue weighted by Crippen LogP contribution is -2.49. The predicted octanol–water partition coefficient (Wildman–Crippen LogP) is 0.279. The summed E-state index contributed by atoms with van der Waals surface area (Å²) < 4.78 is 1.68. The zero-order valence-electron chi connectivity index (χ0n) is 13.4. The van der Waals surface area contributed by atoms with Crippen LogP contribution in [-0.2, 0) is 11.8 Å². The standard InChI is InChI=1S/C15H21N7O/c1-12-10-13(20(2)19-12)18-14(23)11-21-6-8-22(9-7-21)15-16-4-3-5-17-15/h3-5,10H,6-9,11H2,1-2H3,(H,18,23). The predicted molar refractivity (Wildman–Crippen MR) is 87.3 cm³/mol. The van der Waals surface area contributed by atoms with Crippen molar-refractivity contribution in [1.82, 2.24) is 24.6 Å². The van der Waals surface area contributed by atoms with Gasteiger partial charge in [0.25, 0.3) is 0 Å². The third kappa shape index (κ3) is 3.84. The average Bonchev–Trinajstić information content (AvgIpc) is 2.86. The van der Waals surface area contributed by atoms with Gasteiger partial charge in [0.15, 0.2) is 0 Å². The van der Waals surface area contributed by atoms with Crippen LogP contribution in [0.15, 0.2) is 24.5 Å². The highest BCUT2D eigenvalue weighted by Gasteiger charge is 2.20. The summed E-state index contributed by atoms with van der Waals surface area (Å²) in [4.78, 5) is 25.0. The minimum atomic E-state index is -0.0163. The molecule has 8 nitrogen and oxygen atoms in total. The van der Waals surface area contributed by atoms with Crippen LogP contribution in [0.2, 0.25) is 0 Å². The molecule has 1 N–H and O–H groups in total. The molecule has 0 aliphatic carbocycles. The molecule has 0 aromatic carbocycles. The molecule has 3 rings (SSSR count). The highest BCUT2D eigenvalue weighted by Crippen LogP contribution is 2.11. The quantitative estimate of drug-likeness (QED) is 0.873. The van der Waals surface area contributed by atoms with E-state index in [1.54, 1.807) is 17.1 Å². The molecule has 0 saturated carbocycles. The normalized spacial score (nSPS) is 15.7. The van der Waals surface area contributed by atoms with Crippen LogP contribution in [0.3, 0.4) is 0 Å². The van der Waals surface area contributed by atoms with Crippen LogP contribution in [0.5, 0.6) is 0 Å². The zero-order valence-corrected chi connectivity index (χ0v) is 13.4. The smallest absolute Gasteiger partial charge is 0.239 e. The second-order valence-electron chi connectivity index (χ2n) is 5.65. The summed E-state index contributed by atoms with van der Waals surface area (Å²) in [6.07, 6.45) is 3.50. The summed E-state index contributed by atoms with van der Waals surface area (Å²) in [5, 5.41) is 7.13. The van der Waals surface area contributed by atoms with Crippen LogP contribution in [-0.4, -0.2) is 63.3 Å². The Hall–Kier alpha value is -2.48. The Morgan fingerprint density at radius 1 is 1.22 bits per heavy atom. The molecule has 0 radical (unpaired) electrons. The summed E-state index contributed by atoms with van der Waals surface area (Å²) in [7, 11) is 1.82. The van der Waals surface area contributed by atoms with Gasteiger partial charge < -0.3 is 10.2 Å². The maximum atomic E-state index is 12.2. The Labute approximate surface area is 135 Å². The Morgan fingerprint density at radius 2 is 1.91 bits per heavy atom. The van der Waals surface area contributed by atoms with E-state index in [0.717, 1.165) is 43.6 Å². The third-order valence-corrected chi connectivity index (χ3v) is 3.84. The Balaban J connectivity index is 1.49. The van der Waals surface area contributed by atoms with Gasteiger partial charge in [0.05, 0.1) is 12.2 Å². The van der Waals surface area contributed by atoms with Crippen LogP contribution >= 0.6 is 0 Å². The summed E-state index contributed by atoms with van der Waals surface area (Å²) in [6, 6.07) is 3.67. The van der Waals surface area contributed by atoms with Crippen LogP contribution in [0, 0.1) is 6.92 Å². The number of nitrogens with zero attached hydrogens (tertiary/aromatic N) is 6. The number of hydrogen-bond donors (Lipinski definition) is 1. The van der Waals surface area contributed by atoms with Crippen molar-refractivity contribution >= 4 is 17.7 Å². The van der Waals surface area contributed by atoms with E-state index < -0.39 is 0 Å². The lowest BCUT2D eigenvalue weighted by molar-refractivity contribution is -0.117. The number of carbonyl (C=O) groups is 1. The molecule has 0 bridgehead atoms. The van der Waals surface area contributed by atoms with Crippen molar-refractivity contribution in [1.29, 1.82) is 0 Å². The van der Waals surface area contributed by atoms with E-state index in [9.17, 15) is 4.79 Å². The molecule has 0 unspecified atom stereocenters. The van der Waals surface area contributed by atoms with Crippen molar-refractivity contribution in [3.05, 3.63) is 30.2 Å². The van der Waals surface area contributed by atoms with E-state index in [0.29, 0.717) is 6.54 Å². The number of aryl methyl sites for hydroxylation is 2. The van der Waals surface area contributed by atoms with Gasteiger partial charge in [0.1, 0.15) is 5.82 Å². The SMILES string of the molecule is Cc1cc(NC(=O)CN2CCN(c3ncccn3)CC2)n(C)n1. The Bertz CT molecular complexity index is 662. The number of hydrogen-bond acceptors (Lipinski definition) is 6. The van der Waals surface area contributed by atoms with E-state index in [2.05, 4.69) is 30.2 Å². The molecule has 0 atom stereocenters. The van der Waals surface area contributed by atoms with Crippen molar-refractivity contribution in [2.45, 2.75) is 6.92 Å². The molecule has 1 saturated heterocycles. The van der Waals surface area contributed by atoms with Crippen molar-refractivity contribution in [2.75, 3.05) is 42.9 Å². The van der Waals surface area contributed by atoms with Gasteiger partial charge in [-0.05, 0) is 13.0 Å². The van der Waals surface area contributed by atoms with E-state index >= 15 is 0 Å². The first kappa shape index (κ1) is 15.4. The number of anilines is 2. The van der Waals surface area contributed by atoms with Crippen molar-refractivity contribution < 1.29 is 4.79 Å². The lowest BCUT2D eigenvalue weighted by atomic mass is 10.3. The zero-order chi connectivity index (χ0) is 16.2. The van der Waals surface area contributed by atoms with Crippen LogP contribution in [0.25, 0.3) is 0 Å². The van der Waals surface area contributed by atoms with Crippen molar-refractivity contribution in [2.24, 2.45) is 7.05 Å². The molecule has 1 amide bonds. The monoisotopic (exact) mass is 315 g/mol. The summed E-state index contributed by atoms with van der Waals surface area (Å²) >= 11 is 0. The lowest BCUT2D eigenvalue weighted by Gasteiger charge is -2.34. The molecule has 122 valence electrons. The number of aromatic nitrogens is 4. The molecule has 8 heteroatoms. The largest absolute Gasteiger partial charge is 0.338 e. The first-order valence-electron chi connectivity index (χ1n) is 7.66. The number of carbonyl (C=O) groups excluding carboxylic acids is 1. The van der Waals surface area contributed by atoms with Gasteiger partial charge in [-0.2, -0.15) is 5.10 Å². The second kappa shape index (κ2) is 6.74. The number of nitrogens with one attached hydrogen (secondary N) is 1. The van der Waals surface area contributed by atoms with E-state index in [1.165, 1.54) is 0 Å². The third-order valence-electron chi connectivity index (χ3n) is 3.84. The van der Waals surface area contributed by atoms with Crippen molar-refractivity contribution in [3.63, 3.8) is 0 Å². The molecule has 1 aliphatic heterocycles. The fourth-order valence-electron chi connectivity index (χ4n) is 2.67. The first-order valence-corrected chi connectivity index (χ1v) is 7.66. The summed E-state index contributed by atoms with van der Waals surface area (Å²) in [6.45, 7) is 5.56. The van der Waals surface area contributed by atoms with Gasteiger partial charge in [0, 0.05) is 51.7 Å². The summed E-state index contributed by atoms with van der Waals surface area (Å²) in [5.41, 5.74) is 0.888. The minimum absolute atomic E-state index is 0.0163. The Kier molecular flexibility index (Phi) is 4.52. The summed E-state index contributed by atoms with van der Waals surface area (Å²) in [5.74, 6) is 1.46. The molecule has 0 spiro atoms. The van der Waals surface area contributed by atoms with Crippen LogP contribution in [0.1, 0.15) is 5.69 Å². The fourth-order valence-corrected chi connectivity index (χ4v) is 2.67. The van der Waals surface area contributed by atoms with Gasteiger partial charge in [-0.1, -0.05) is 0 Å². The van der Waals surface area contributed by atoms with Gasteiger partial charge in [-0.15, -0.1) is 0 Å². The van der Waals surface area contributed by atoms with E-state index in [-0.39, 0.29) is 5.91 Å². The van der Waals surface area contributed by atoms with Crippen LogP contribution in [0.4, 0.5) is 11.8 Å². The second-order valence-corrected chi connectivity index (χ2v) is 5.65. The highest BCUT2D eigenvalue weighted by molar-refractivity contribution is 5.91. The van der Waals surface area contributed by atoms with Gasteiger partial charge >= 0.3 is 0 Å². The topological polar surface area (TPSA) is 79.2 Å². The first-order chi connectivity index (χ1) is 11.1.